The van der Waals surface area contributed by atoms with Gasteiger partial charge in [-0.25, -0.2) is 17.7 Å². The molecule has 7 heteroatoms. The van der Waals surface area contributed by atoms with Crippen molar-refractivity contribution in [2.24, 2.45) is 0 Å². The van der Waals surface area contributed by atoms with E-state index in [1.165, 1.54) is 10.6 Å². The van der Waals surface area contributed by atoms with Crippen molar-refractivity contribution in [2.45, 2.75) is 18.9 Å². The number of nitriles is 1. The number of sulfonamides is 1. The van der Waals surface area contributed by atoms with Gasteiger partial charge in [-0.05, 0) is 25.0 Å². The summed E-state index contributed by atoms with van der Waals surface area (Å²) in [6.07, 6.45) is 2.74. The van der Waals surface area contributed by atoms with E-state index in [1.807, 2.05) is 30.3 Å². The molecule has 0 amide bonds. The molecule has 2 aromatic rings. The van der Waals surface area contributed by atoms with Crippen LogP contribution in [0.3, 0.4) is 0 Å². The van der Waals surface area contributed by atoms with Gasteiger partial charge in [0.25, 0.3) is 0 Å². The van der Waals surface area contributed by atoms with Crippen LogP contribution in [0.5, 0.6) is 0 Å². The molecule has 0 atom stereocenters. The standard InChI is InChI=1S/C17H20N4O2S/c1-20(24(2,22)23)14-7-9-21(10-8-14)17-11-13(12-18)15-5-3-4-6-16(15)19-17/h3-6,11,14H,7-10H2,1-2H3. The summed E-state index contributed by atoms with van der Waals surface area (Å²) in [7, 11) is -1.53. The van der Waals surface area contributed by atoms with Crippen LogP contribution in [0.1, 0.15) is 18.4 Å². The van der Waals surface area contributed by atoms with Gasteiger partial charge >= 0.3 is 0 Å². The van der Waals surface area contributed by atoms with Crippen LogP contribution in [-0.2, 0) is 10.0 Å². The summed E-state index contributed by atoms with van der Waals surface area (Å²) in [5.41, 5.74) is 1.42. The summed E-state index contributed by atoms with van der Waals surface area (Å²) in [5.74, 6) is 0.783. The summed E-state index contributed by atoms with van der Waals surface area (Å²) >= 11 is 0. The molecular formula is C17H20N4O2S. The molecule has 1 fully saturated rings. The van der Waals surface area contributed by atoms with Crippen molar-refractivity contribution in [2.75, 3.05) is 31.3 Å². The fourth-order valence-electron chi connectivity index (χ4n) is 3.15. The summed E-state index contributed by atoms with van der Waals surface area (Å²) in [6, 6.07) is 11.7. The molecule has 126 valence electrons. The van der Waals surface area contributed by atoms with Gasteiger partial charge in [0, 0.05) is 31.6 Å². The van der Waals surface area contributed by atoms with Gasteiger partial charge in [0.2, 0.25) is 10.0 Å². The molecular weight excluding hydrogens is 324 g/mol. The van der Waals surface area contributed by atoms with Gasteiger partial charge in [0.15, 0.2) is 0 Å². The molecule has 2 heterocycles. The lowest BCUT2D eigenvalue weighted by Crippen LogP contribution is -2.45. The lowest BCUT2D eigenvalue weighted by molar-refractivity contribution is 0.313. The maximum Gasteiger partial charge on any atom is 0.211 e. The highest BCUT2D eigenvalue weighted by Crippen LogP contribution is 2.26. The fraction of sp³-hybridized carbons (Fsp3) is 0.412. The van der Waals surface area contributed by atoms with E-state index in [-0.39, 0.29) is 6.04 Å². The van der Waals surface area contributed by atoms with Crippen LogP contribution in [0.4, 0.5) is 5.82 Å². The first kappa shape index (κ1) is 16.7. The molecule has 1 aromatic carbocycles. The second-order valence-corrected chi connectivity index (χ2v) is 8.20. The molecule has 0 aliphatic carbocycles. The first-order valence-electron chi connectivity index (χ1n) is 7.88. The number of fused-ring (bicyclic) bond motifs is 1. The van der Waals surface area contributed by atoms with Crippen molar-refractivity contribution in [1.82, 2.24) is 9.29 Å². The minimum atomic E-state index is -3.17. The zero-order chi connectivity index (χ0) is 17.3. The lowest BCUT2D eigenvalue weighted by Gasteiger charge is -2.36. The molecule has 1 saturated heterocycles. The molecule has 0 bridgehead atoms. The van der Waals surface area contributed by atoms with E-state index in [2.05, 4.69) is 16.0 Å². The summed E-state index contributed by atoms with van der Waals surface area (Å²) in [6.45, 7) is 1.45. The predicted octanol–water partition coefficient (Wildman–Crippen LogP) is 1.97. The molecule has 0 spiro atoms. The Kier molecular flexibility index (Phi) is 4.43. The van der Waals surface area contributed by atoms with Gasteiger partial charge in [-0.2, -0.15) is 5.26 Å². The van der Waals surface area contributed by atoms with Gasteiger partial charge in [0.05, 0.1) is 23.4 Å². The van der Waals surface area contributed by atoms with Gasteiger partial charge in [-0.15, -0.1) is 0 Å². The Hall–Kier alpha value is -2.17. The molecule has 6 nitrogen and oxygen atoms in total. The molecule has 1 aromatic heterocycles. The van der Waals surface area contributed by atoms with Gasteiger partial charge in [0.1, 0.15) is 5.82 Å². The third-order valence-corrected chi connectivity index (χ3v) is 5.99. The maximum absolute atomic E-state index is 11.7. The van der Waals surface area contributed by atoms with Crippen molar-refractivity contribution in [1.29, 1.82) is 5.26 Å². The molecule has 24 heavy (non-hydrogen) atoms. The van der Waals surface area contributed by atoms with E-state index >= 15 is 0 Å². The van der Waals surface area contributed by atoms with E-state index in [0.29, 0.717) is 5.56 Å². The minimum Gasteiger partial charge on any atom is -0.356 e. The topological polar surface area (TPSA) is 77.3 Å². The van der Waals surface area contributed by atoms with Crippen molar-refractivity contribution < 1.29 is 8.42 Å². The van der Waals surface area contributed by atoms with Crippen LogP contribution in [0.25, 0.3) is 10.9 Å². The van der Waals surface area contributed by atoms with E-state index in [4.69, 9.17) is 0 Å². The van der Waals surface area contributed by atoms with Gasteiger partial charge in [-0.1, -0.05) is 18.2 Å². The van der Waals surface area contributed by atoms with E-state index in [9.17, 15) is 13.7 Å². The molecule has 0 unspecified atom stereocenters. The second kappa shape index (κ2) is 6.38. The molecule has 1 aliphatic rings. The normalized spacial score (nSPS) is 16.5. The first-order valence-corrected chi connectivity index (χ1v) is 9.73. The number of aromatic nitrogens is 1. The van der Waals surface area contributed by atoms with Gasteiger partial charge in [-0.3, -0.25) is 0 Å². The van der Waals surface area contributed by atoms with Crippen LogP contribution >= 0.6 is 0 Å². The molecule has 1 aliphatic heterocycles. The highest BCUT2D eigenvalue weighted by Gasteiger charge is 2.27. The Labute approximate surface area is 142 Å². The Bertz CT molecular complexity index is 896. The van der Waals surface area contributed by atoms with E-state index in [0.717, 1.165) is 42.7 Å². The Morgan fingerprint density at radius 2 is 1.96 bits per heavy atom. The first-order chi connectivity index (χ1) is 11.4. The number of para-hydroxylation sites is 1. The smallest absolute Gasteiger partial charge is 0.211 e. The average molecular weight is 344 g/mol. The quantitative estimate of drug-likeness (QED) is 0.851. The summed E-state index contributed by atoms with van der Waals surface area (Å²) in [5, 5.41) is 10.3. The number of anilines is 1. The second-order valence-electron chi connectivity index (χ2n) is 6.15. The number of rotatable bonds is 3. The van der Waals surface area contributed by atoms with E-state index < -0.39 is 10.0 Å². The third-order valence-electron chi connectivity index (χ3n) is 4.65. The predicted molar refractivity (Wildman–Crippen MR) is 94.3 cm³/mol. The largest absolute Gasteiger partial charge is 0.356 e. The van der Waals surface area contributed by atoms with Gasteiger partial charge < -0.3 is 4.90 Å². The Balaban J connectivity index is 1.82. The summed E-state index contributed by atoms with van der Waals surface area (Å²) in [4.78, 5) is 6.79. The average Bonchev–Trinajstić information content (AvgIpc) is 2.59. The highest BCUT2D eigenvalue weighted by atomic mass is 32.2. The van der Waals surface area contributed by atoms with Crippen LogP contribution < -0.4 is 4.90 Å². The Morgan fingerprint density at radius 3 is 2.58 bits per heavy atom. The zero-order valence-corrected chi connectivity index (χ0v) is 14.6. The molecule has 0 radical (unpaired) electrons. The number of pyridine rings is 1. The number of hydrogen-bond acceptors (Lipinski definition) is 5. The SMILES string of the molecule is CN(C1CCN(c2cc(C#N)c3ccccc3n2)CC1)S(C)(=O)=O. The number of benzene rings is 1. The molecule has 0 saturated carbocycles. The number of piperidine rings is 1. The monoisotopic (exact) mass is 344 g/mol. The van der Waals surface area contributed by atoms with Crippen LogP contribution in [0.2, 0.25) is 0 Å². The van der Waals surface area contributed by atoms with Crippen LogP contribution in [0.15, 0.2) is 30.3 Å². The van der Waals surface area contributed by atoms with Crippen molar-refractivity contribution in [3.63, 3.8) is 0 Å². The number of hydrogen-bond donors (Lipinski definition) is 0. The Morgan fingerprint density at radius 1 is 1.29 bits per heavy atom. The highest BCUT2D eigenvalue weighted by molar-refractivity contribution is 7.88. The summed E-state index contributed by atoms with van der Waals surface area (Å²) < 4.78 is 24.8. The van der Waals surface area contributed by atoms with Crippen molar-refractivity contribution >= 4 is 26.7 Å². The van der Waals surface area contributed by atoms with Crippen LogP contribution in [0, 0.1) is 11.3 Å². The maximum atomic E-state index is 11.7. The van der Waals surface area contributed by atoms with Crippen molar-refractivity contribution in [3.05, 3.63) is 35.9 Å². The lowest BCUT2D eigenvalue weighted by atomic mass is 10.0. The zero-order valence-electron chi connectivity index (χ0n) is 13.8. The van der Waals surface area contributed by atoms with Crippen LogP contribution in [-0.4, -0.2) is 50.1 Å². The molecule has 3 rings (SSSR count). The van der Waals surface area contributed by atoms with Crippen molar-refractivity contribution in [3.8, 4) is 6.07 Å². The third kappa shape index (κ3) is 3.21. The number of nitrogens with zero attached hydrogens (tertiary/aromatic N) is 4. The van der Waals surface area contributed by atoms with E-state index in [1.54, 1.807) is 7.05 Å². The fourth-order valence-corrected chi connectivity index (χ4v) is 3.90. The minimum absolute atomic E-state index is 0.0205. The molecule has 0 N–H and O–H groups in total.